The topological polar surface area (TPSA) is 70.0 Å². The maximum absolute atomic E-state index is 12.4. The predicted molar refractivity (Wildman–Crippen MR) is 89.4 cm³/mol. The summed E-state index contributed by atoms with van der Waals surface area (Å²) in [6, 6.07) is 8.96. The largest absolute Gasteiger partial charge is 0.454 e. The van der Waals surface area contributed by atoms with Crippen LogP contribution in [0.5, 0.6) is 11.5 Å². The molecule has 132 valence electrons. The lowest BCUT2D eigenvalue weighted by Gasteiger charge is -2.21. The van der Waals surface area contributed by atoms with Gasteiger partial charge in [-0.15, -0.1) is 0 Å². The molecule has 0 saturated heterocycles. The van der Waals surface area contributed by atoms with Gasteiger partial charge < -0.3 is 23.7 Å². The van der Waals surface area contributed by atoms with Crippen LogP contribution >= 0.6 is 0 Å². The zero-order valence-electron chi connectivity index (χ0n) is 14.2. The Hall–Kier alpha value is -2.96. The molecule has 2 aromatic rings. The van der Waals surface area contributed by atoms with Gasteiger partial charge in [0.1, 0.15) is 5.69 Å². The van der Waals surface area contributed by atoms with Crippen LogP contribution in [0.25, 0.3) is 0 Å². The van der Waals surface area contributed by atoms with Crippen LogP contribution < -0.4 is 9.47 Å². The number of ether oxygens (including phenoxy) is 3. The van der Waals surface area contributed by atoms with Gasteiger partial charge in [-0.3, -0.25) is 4.79 Å². The molecule has 1 amide bonds. The van der Waals surface area contributed by atoms with E-state index in [1.165, 1.54) is 0 Å². The first kappa shape index (κ1) is 16.9. The van der Waals surface area contributed by atoms with E-state index in [4.69, 9.17) is 14.2 Å². The lowest BCUT2D eigenvalue weighted by atomic mass is 10.2. The van der Waals surface area contributed by atoms with E-state index in [2.05, 4.69) is 0 Å². The first-order valence-electron chi connectivity index (χ1n) is 8.03. The molecule has 7 nitrogen and oxygen atoms in total. The zero-order chi connectivity index (χ0) is 17.8. The molecule has 0 fully saturated rings. The molecular formula is C18H20N2O5. The second kappa shape index (κ2) is 7.29. The molecule has 1 aliphatic heterocycles. The number of aromatic nitrogens is 1. The molecule has 7 heteroatoms. The highest BCUT2D eigenvalue weighted by Gasteiger charge is 2.19. The molecule has 0 aliphatic carbocycles. The fourth-order valence-corrected chi connectivity index (χ4v) is 2.60. The van der Waals surface area contributed by atoms with E-state index in [9.17, 15) is 9.59 Å². The fourth-order valence-electron chi connectivity index (χ4n) is 2.60. The molecule has 0 spiro atoms. The number of benzene rings is 1. The third-order valence-corrected chi connectivity index (χ3v) is 4.02. The lowest BCUT2D eigenvalue weighted by Crippen LogP contribution is -2.34. The third kappa shape index (κ3) is 3.76. The summed E-state index contributed by atoms with van der Waals surface area (Å²) in [5.74, 6) is 0.619. The molecule has 1 aliphatic rings. The molecule has 0 radical (unpaired) electrons. The minimum atomic E-state index is -0.514. The molecule has 0 N–H and O–H groups in total. The average Bonchev–Trinajstić information content (AvgIpc) is 3.25. The van der Waals surface area contributed by atoms with Crippen LogP contribution in [0.4, 0.5) is 0 Å². The van der Waals surface area contributed by atoms with Crippen LogP contribution in [0, 0.1) is 0 Å². The first-order valence-corrected chi connectivity index (χ1v) is 8.03. The zero-order valence-corrected chi connectivity index (χ0v) is 14.2. The van der Waals surface area contributed by atoms with Gasteiger partial charge in [0.05, 0.1) is 0 Å². The van der Waals surface area contributed by atoms with Crippen LogP contribution in [0.1, 0.15) is 23.0 Å². The van der Waals surface area contributed by atoms with Crippen molar-refractivity contribution in [2.75, 3.05) is 19.9 Å². The monoisotopic (exact) mass is 344 g/mol. The van der Waals surface area contributed by atoms with Crippen molar-refractivity contribution in [3.63, 3.8) is 0 Å². The van der Waals surface area contributed by atoms with E-state index in [0.29, 0.717) is 30.3 Å². The van der Waals surface area contributed by atoms with E-state index in [1.807, 2.05) is 25.1 Å². The molecule has 1 aromatic heterocycles. The summed E-state index contributed by atoms with van der Waals surface area (Å²) in [6.07, 6.45) is 1.75. The Morgan fingerprint density at radius 1 is 1.24 bits per heavy atom. The van der Waals surface area contributed by atoms with Crippen LogP contribution in [0.2, 0.25) is 0 Å². The van der Waals surface area contributed by atoms with Crippen molar-refractivity contribution in [3.05, 3.63) is 47.8 Å². The van der Waals surface area contributed by atoms with Gasteiger partial charge in [-0.2, -0.15) is 0 Å². The maximum atomic E-state index is 12.4. The van der Waals surface area contributed by atoms with Crippen LogP contribution in [0.3, 0.4) is 0 Å². The lowest BCUT2D eigenvalue weighted by molar-refractivity contribution is -0.135. The highest BCUT2D eigenvalue weighted by molar-refractivity contribution is 5.89. The number of hydrogen-bond acceptors (Lipinski definition) is 5. The van der Waals surface area contributed by atoms with Crippen LogP contribution in [0.15, 0.2) is 36.5 Å². The summed E-state index contributed by atoms with van der Waals surface area (Å²) in [5.41, 5.74) is 1.33. The second-order valence-electron chi connectivity index (χ2n) is 5.68. The van der Waals surface area contributed by atoms with Gasteiger partial charge in [0.25, 0.3) is 5.91 Å². The SMILES string of the molecule is CCN(Cc1ccc2c(c1)OCO2)C(=O)COC(=O)c1cccn1C. The number of carbonyl (C=O) groups excluding carboxylic acids is 2. The van der Waals surface area contributed by atoms with Gasteiger partial charge >= 0.3 is 5.97 Å². The number of rotatable bonds is 6. The molecular weight excluding hydrogens is 324 g/mol. The van der Waals surface area contributed by atoms with E-state index < -0.39 is 5.97 Å². The molecule has 0 atom stereocenters. The summed E-state index contributed by atoms with van der Waals surface area (Å²) in [5, 5.41) is 0. The number of esters is 1. The molecule has 3 rings (SSSR count). The first-order chi connectivity index (χ1) is 12.1. The van der Waals surface area contributed by atoms with Gasteiger partial charge in [-0.1, -0.05) is 6.07 Å². The Kier molecular flexibility index (Phi) is 4.92. The smallest absolute Gasteiger partial charge is 0.355 e. The van der Waals surface area contributed by atoms with Gasteiger partial charge in [0.2, 0.25) is 6.79 Å². The standard InChI is InChI=1S/C18H20N2O5/c1-3-20(10-13-6-7-15-16(9-13)25-12-24-15)17(21)11-23-18(22)14-5-4-8-19(14)2/h4-9H,3,10-12H2,1-2H3. The minimum Gasteiger partial charge on any atom is -0.454 e. The Bertz CT molecular complexity index is 784. The number of aryl methyl sites for hydroxylation is 1. The number of likely N-dealkylation sites (N-methyl/N-ethyl adjacent to an activating group) is 1. The summed E-state index contributed by atoms with van der Waals surface area (Å²) < 4.78 is 17.4. The van der Waals surface area contributed by atoms with Crippen molar-refractivity contribution in [2.24, 2.45) is 7.05 Å². The number of nitrogens with zero attached hydrogens (tertiary/aromatic N) is 2. The normalized spacial score (nSPS) is 12.1. The van der Waals surface area contributed by atoms with E-state index in [-0.39, 0.29) is 19.3 Å². The van der Waals surface area contributed by atoms with E-state index in [1.54, 1.807) is 34.8 Å². The molecule has 2 heterocycles. The van der Waals surface area contributed by atoms with Gasteiger partial charge in [-0.25, -0.2) is 4.79 Å². The minimum absolute atomic E-state index is 0.213. The van der Waals surface area contributed by atoms with Gasteiger partial charge in [0, 0.05) is 26.3 Å². The Labute approximate surface area is 145 Å². The molecule has 1 aromatic carbocycles. The van der Waals surface area contributed by atoms with E-state index in [0.717, 1.165) is 5.56 Å². The molecule has 0 saturated carbocycles. The van der Waals surface area contributed by atoms with Crippen LogP contribution in [-0.4, -0.2) is 41.3 Å². The summed E-state index contributed by atoms with van der Waals surface area (Å²) in [6.45, 7) is 2.72. The van der Waals surface area contributed by atoms with Gasteiger partial charge in [0.15, 0.2) is 18.1 Å². The number of amides is 1. The highest BCUT2D eigenvalue weighted by Crippen LogP contribution is 2.32. The Morgan fingerprint density at radius 2 is 2.04 bits per heavy atom. The van der Waals surface area contributed by atoms with Crippen molar-refractivity contribution in [3.8, 4) is 11.5 Å². The van der Waals surface area contributed by atoms with Crippen molar-refractivity contribution < 1.29 is 23.8 Å². The summed E-state index contributed by atoms with van der Waals surface area (Å²) >= 11 is 0. The number of hydrogen-bond donors (Lipinski definition) is 0. The number of fused-ring (bicyclic) bond motifs is 1. The van der Waals surface area contributed by atoms with E-state index >= 15 is 0 Å². The van der Waals surface area contributed by atoms with Crippen molar-refractivity contribution in [2.45, 2.75) is 13.5 Å². The second-order valence-corrected chi connectivity index (χ2v) is 5.68. The summed E-state index contributed by atoms with van der Waals surface area (Å²) in [7, 11) is 1.75. The Morgan fingerprint density at radius 3 is 2.76 bits per heavy atom. The highest BCUT2D eigenvalue weighted by atomic mass is 16.7. The average molecular weight is 344 g/mol. The molecule has 0 bridgehead atoms. The third-order valence-electron chi connectivity index (χ3n) is 4.02. The van der Waals surface area contributed by atoms with Gasteiger partial charge in [-0.05, 0) is 36.8 Å². The Balaban J connectivity index is 1.58. The molecule has 0 unspecified atom stereocenters. The summed E-state index contributed by atoms with van der Waals surface area (Å²) in [4.78, 5) is 26.0. The predicted octanol–water partition coefficient (Wildman–Crippen LogP) is 1.96. The maximum Gasteiger partial charge on any atom is 0.355 e. The quantitative estimate of drug-likeness (QED) is 0.749. The van der Waals surface area contributed by atoms with Crippen molar-refractivity contribution >= 4 is 11.9 Å². The van der Waals surface area contributed by atoms with Crippen LogP contribution in [-0.2, 0) is 23.1 Å². The number of carbonyl (C=O) groups is 2. The van der Waals surface area contributed by atoms with Crippen molar-refractivity contribution in [1.29, 1.82) is 0 Å². The molecule has 25 heavy (non-hydrogen) atoms. The van der Waals surface area contributed by atoms with Crippen molar-refractivity contribution in [1.82, 2.24) is 9.47 Å². The fraction of sp³-hybridized carbons (Fsp3) is 0.333.